The Labute approximate surface area is 95.8 Å². The fourth-order valence-corrected chi connectivity index (χ4v) is 1.45. The van der Waals surface area contributed by atoms with Crippen molar-refractivity contribution in [1.82, 2.24) is 0 Å². The SMILES string of the molecule is CCC(Nc1cc(OC)ccc1C)C(N)=O. The largest absolute Gasteiger partial charge is 0.497 e. The third-order valence-corrected chi connectivity index (χ3v) is 2.53. The Balaban J connectivity index is 2.90. The van der Waals surface area contributed by atoms with Gasteiger partial charge in [-0.3, -0.25) is 4.79 Å². The summed E-state index contributed by atoms with van der Waals surface area (Å²) in [6.45, 7) is 3.88. The second-order valence-electron chi connectivity index (χ2n) is 3.69. The van der Waals surface area contributed by atoms with Crippen molar-refractivity contribution in [3.8, 4) is 5.75 Å². The lowest BCUT2D eigenvalue weighted by Gasteiger charge is -2.17. The second kappa shape index (κ2) is 5.39. The molecule has 0 saturated carbocycles. The van der Waals surface area contributed by atoms with Crippen LogP contribution in [0, 0.1) is 6.92 Å². The maximum atomic E-state index is 11.1. The van der Waals surface area contributed by atoms with Crippen molar-refractivity contribution in [2.45, 2.75) is 26.3 Å². The van der Waals surface area contributed by atoms with Crippen LogP contribution in [-0.2, 0) is 4.79 Å². The predicted octanol–water partition coefficient (Wildman–Crippen LogP) is 1.68. The molecule has 0 saturated heterocycles. The Morgan fingerprint density at radius 1 is 1.56 bits per heavy atom. The van der Waals surface area contributed by atoms with Crippen molar-refractivity contribution < 1.29 is 9.53 Å². The van der Waals surface area contributed by atoms with Gasteiger partial charge in [0.1, 0.15) is 11.8 Å². The molecule has 88 valence electrons. The van der Waals surface area contributed by atoms with Gasteiger partial charge >= 0.3 is 0 Å². The molecule has 0 aliphatic carbocycles. The quantitative estimate of drug-likeness (QED) is 0.796. The van der Waals surface area contributed by atoms with Crippen molar-refractivity contribution in [3.05, 3.63) is 23.8 Å². The van der Waals surface area contributed by atoms with E-state index in [2.05, 4.69) is 5.32 Å². The van der Waals surface area contributed by atoms with E-state index in [-0.39, 0.29) is 11.9 Å². The molecule has 1 aromatic carbocycles. The second-order valence-corrected chi connectivity index (χ2v) is 3.69. The molecule has 4 nitrogen and oxygen atoms in total. The molecule has 0 aliphatic rings. The van der Waals surface area contributed by atoms with E-state index in [0.29, 0.717) is 6.42 Å². The molecular formula is C12H18N2O2. The summed E-state index contributed by atoms with van der Waals surface area (Å²) in [7, 11) is 1.61. The number of hydrogen-bond donors (Lipinski definition) is 2. The maximum absolute atomic E-state index is 11.1. The van der Waals surface area contributed by atoms with E-state index in [4.69, 9.17) is 10.5 Å². The lowest BCUT2D eigenvalue weighted by Crippen LogP contribution is -2.34. The van der Waals surface area contributed by atoms with Gasteiger partial charge in [-0.15, -0.1) is 0 Å². The summed E-state index contributed by atoms with van der Waals surface area (Å²) in [6.07, 6.45) is 0.659. The highest BCUT2D eigenvalue weighted by atomic mass is 16.5. The van der Waals surface area contributed by atoms with Crippen LogP contribution in [0.2, 0.25) is 0 Å². The van der Waals surface area contributed by atoms with Gasteiger partial charge in [0.05, 0.1) is 7.11 Å². The van der Waals surface area contributed by atoms with E-state index in [9.17, 15) is 4.79 Å². The molecule has 0 aromatic heterocycles. The number of primary amides is 1. The molecular weight excluding hydrogens is 204 g/mol. The lowest BCUT2D eigenvalue weighted by atomic mass is 10.1. The van der Waals surface area contributed by atoms with Gasteiger partial charge in [-0.25, -0.2) is 0 Å². The fourth-order valence-electron chi connectivity index (χ4n) is 1.45. The van der Waals surface area contributed by atoms with E-state index in [1.54, 1.807) is 7.11 Å². The molecule has 1 rings (SSSR count). The zero-order valence-electron chi connectivity index (χ0n) is 9.91. The summed E-state index contributed by atoms with van der Waals surface area (Å²) in [5.74, 6) is 0.414. The van der Waals surface area contributed by atoms with Crippen LogP contribution in [0.3, 0.4) is 0 Å². The molecule has 0 aliphatic heterocycles. The number of rotatable bonds is 5. The first-order valence-electron chi connectivity index (χ1n) is 5.29. The van der Waals surface area contributed by atoms with Crippen LogP contribution >= 0.6 is 0 Å². The summed E-state index contributed by atoms with van der Waals surface area (Å²) in [6, 6.07) is 5.34. The smallest absolute Gasteiger partial charge is 0.239 e. The number of methoxy groups -OCH3 is 1. The van der Waals surface area contributed by atoms with Crippen LogP contribution in [0.1, 0.15) is 18.9 Å². The molecule has 0 radical (unpaired) electrons. The zero-order valence-corrected chi connectivity index (χ0v) is 9.91. The first-order chi connectivity index (χ1) is 7.58. The number of anilines is 1. The molecule has 0 fully saturated rings. The molecule has 16 heavy (non-hydrogen) atoms. The third kappa shape index (κ3) is 2.89. The van der Waals surface area contributed by atoms with Gasteiger partial charge < -0.3 is 15.8 Å². The van der Waals surface area contributed by atoms with Crippen LogP contribution in [0.15, 0.2) is 18.2 Å². The van der Waals surface area contributed by atoms with Crippen molar-refractivity contribution in [2.24, 2.45) is 5.73 Å². The Morgan fingerprint density at radius 3 is 2.75 bits per heavy atom. The molecule has 0 spiro atoms. The molecule has 0 heterocycles. The summed E-state index contributed by atoms with van der Waals surface area (Å²) >= 11 is 0. The Morgan fingerprint density at radius 2 is 2.25 bits per heavy atom. The summed E-state index contributed by atoms with van der Waals surface area (Å²) in [4.78, 5) is 11.1. The van der Waals surface area contributed by atoms with E-state index < -0.39 is 0 Å². The topological polar surface area (TPSA) is 64.3 Å². The Bertz CT molecular complexity index is 377. The fraction of sp³-hybridized carbons (Fsp3) is 0.417. The highest BCUT2D eigenvalue weighted by Crippen LogP contribution is 2.22. The number of nitrogens with one attached hydrogen (secondary N) is 1. The van der Waals surface area contributed by atoms with Crippen LogP contribution < -0.4 is 15.8 Å². The lowest BCUT2D eigenvalue weighted by molar-refractivity contribution is -0.118. The van der Waals surface area contributed by atoms with E-state index in [1.807, 2.05) is 32.0 Å². The monoisotopic (exact) mass is 222 g/mol. The molecule has 1 amide bonds. The molecule has 3 N–H and O–H groups in total. The van der Waals surface area contributed by atoms with Gasteiger partial charge in [-0.2, -0.15) is 0 Å². The van der Waals surface area contributed by atoms with Gasteiger partial charge in [0.25, 0.3) is 0 Å². The number of nitrogens with two attached hydrogens (primary N) is 1. The Hall–Kier alpha value is -1.71. The van der Waals surface area contributed by atoms with Crippen LogP contribution in [-0.4, -0.2) is 19.1 Å². The average Bonchev–Trinajstić information content (AvgIpc) is 2.27. The van der Waals surface area contributed by atoms with Crippen molar-refractivity contribution in [1.29, 1.82) is 0 Å². The number of carbonyl (C=O) groups excluding carboxylic acids is 1. The predicted molar refractivity (Wildman–Crippen MR) is 64.6 cm³/mol. The first-order valence-corrected chi connectivity index (χ1v) is 5.29. The minimum absolute atomic E-state index is 0.342. The summed E-state index contributed by atoms with van der Waals surface area (Å²) in [5, 5.41) is 3.12. The number of amides is 1. The van der Waals surface area contributed by atoms with Gasteiger partial charge in [0.2, 0.25) is 5.91 Å². The third-order valence-electron chi connectivity index (χ3n) is 2.53. The highest BCUT2D eigenvalue weighted by Gasteiger charge is 2.13. The average molecular weight is 222 g/mol. The number of aryl methyl sites for hydroxylation is 1. The molecule has 1 unspecified atom stereocenters. The van der Waals surface area contributed by atoms with Crippen molar-refractivity contribution in [2.75, 3.05) is 12.4 Å². The molecule has 1 aromatic rings. The summed E-state index contributed by atoms with van der Waals surface area (Å²) in [5.41, 5.74) is 7.22. The van der Waals surface area contributed by atoms with E-state index >= 15 is 0 Å². The van der Waals surface area contributed by atoms with Gasteiger partial charge in [0, 0.05) is 11.8 Å². The number of ether oxygens (including phenoxy) is 1. The highest BCUT2D eigenvalue weighted by molar-refractivity contribution is 5.83. The van der Waals surface area contributed by atoms with Gasteiger partial charge in [-0.05, 0) is 25.0 Å². The van der Waals surface area contributed by atoms with Crippen LogP contribution in [0.4, 0.5) is 5.69 Å². The van der Waals surface area contributed by atoms with Crippen molar-refractivity contribution in [3.63, 3.8) is 0 Å². The minimum atomic E-state index is -0.343. The standard InChI is InChI=1S/C12H18N2O2/c1-4-10(12(13)15)14-11-7-9(16-3)6-5-8(11)2/h5-7,10,14H,4H2,1-3H3,(H2,13,15). The van der Waals surface area contributed by atoms with E-state index in [0.717, 1.165) is 17.0 Å². The minimum Gasteiger partial charge on any atom is -0.497 e. The van der Waals surface area contributed by atoms with Gasteiger partial charge in [-0.1, -0.05) is 13.0 Å². The molecule has 0 bridgehead atoms. The number of benzene rings is 1. The molecule has 1 atom stereocenters. The number of hydrogen-bond acceptors (Lipinski definition) is 3. The number of carbonyl (C=O) groups is 1. The van der Waals surface area contributed by atoms with Crippen molar-refractivity contribution >= 4 is 11.6 Å². The van der Waals surface area contributed by atoms with E-state index in [1.165, 1.54) is 0 Å². The maximum Gasteiger partial charge on any atom is 0.239 e. The van der Waals surface area contributed by atoms with Crippen LogP contribution in [0.25, 0.3) is 0 Å². The van der Waals surface area contributed by atoms with Crippen LogP contribution in [0.5, 0.6) is 5.75 Å². The van der Waals surface area contributed by atoms with Gasteiger partial charge in [0.15, 0.2) is 0 Å². The summed E-state index contributed by atoms with van der Waals surface area (Å²) < 4.78 is 5.13. The first kappa shape index (κ1) is 12.4. The normalized spacial score (nSPS) is 11.9. The molecule has 4 heteroatoms. The Kier molecular flexibility index (Phi) is 4.17. The zero-order chi connectivity index (χ0) is 12.1.